The van der Waals surface area contributed by atoms with Gasteiger partial charge in [-0.05, 0) is 41.7 Å². The molecule has 26 heavy (non-hydrogen) atoms. The molecular weight excluding hydrogens is 329 g/mol. The second-order valence-electron chi connectivity index (χ2n) is 6.82. The van der Waals surface area contributed by atoms with Crippen LogP contribution in [0, 0.1) is 5.82 Å². The van der Waals surface area contributed by atoms with Gasteiger partial charge in [-0.1, -0.05) is 36.4 Å². The second kappa shape index (κ2) is 6.75. The van der Waals surface area contributed by atoms with E-state index in [-0.39, 0.29) is 11.7 Å². The molecule has 4 nitrogen and oxygen atoms in total. The van der Waals surface area contributed by atoms with Gasteiger partial charge in [0.2, 0.25) is 5.91 Å². The van der Waals surface area contributed by atoms with E-state index in [1.54, 1.807) is 24.7 Å². The van der Waals surface area contributed by atoms with Gasteiger partial charge < -0.3 is 9.88 Å². The molecule has 1 heterocycles. The number of carbonyl (C=O) groups excluding carboxylic acids is 1. The van der Waals surface area contributed by atoms with Gasteiger partial charge in [-0.25, -0.2) is 9.37 Å². The minimum absolute atomic E-state index is 0.0200. The highest BCUT2D eigenvalue weighted by molar-refractivity contribution is 5.91. The van der Waals surface area contributed by atoms with Crippen LogP contribution in [0.4, 0.5) is 4.39 Å². The number of nitrogens with zero attached hydrogens (tertiary/aromatic N) is 2. The maximum absolute atomic E-state index is 13.1. The topological polar surface area (TPSA) is 46.9 Å². The number of carbonyl (C=O) groups is 1. The third kappa shape index (κ3) is 3.38. The summed E-state index contributed by atoms with van der Waals surface area (Å²) in [6.07, 6.45) is 7.11. The second-order valence-corrected chi connectivity index (χ2v) is 6.82. The lowest BCUT2D eigenvalue weighted by Gasteiger charge is -2.16. The molecule has 4 rings (SSSR count). The van der Waals surface area contributed by atoms with Crippen LogP contribution in [-0.2, 0) is 23.3 Å². The van der Waals surface area contributed by atoms with Crippen LogP contribution in [-0.4, -0.2) is 15.5 Å². The van der Waals surface area contributed by atoms with Gasteiger partial charge in [0.1, 0.15) is 5.82 Å². The first-order valence-electron chi connectivity index (χ1n) is 8.74. The first kappa shape index (κ1) is 16.5. The average Bonchev–Trinajstić information content (AvgIpc) is 3.32. The summed E-state index contributed by atoms with van der Waals surface area (Å²) < 4.78 is 15.1. The van der Waals surface area contributed by atoms with Gasteiger partial charge in [0.05, 0.1) is 11.7 Å². The van der Waals surface area contributed by atoms with Crippen molar-refractivity contribution in [2.75, 3.05) is 0 Å². The summed E-state index contributed by atoms with van der Waals surface area (Å²) in [4.78, 5) is 16.7. The fourth-order valence-corrected chi connectivity index (χ4v) is 3.25. The quantitative estimate of drug-likeness (QED) is 0.741. The zero-order valence-electron chi connectivity index (χ0n) is 14.4. The predicted octanol–water partition coefficient (Wildman–Crippen LogP) is 3.42. The molecule has 1 aliphatic carbocycles. The number of rotatable bonds is 6. The van der Waals surface area contributed by atoms with Crippen LogP contribution in [0.5, 0.6) is 0 Å². The number of amides is 1. The predicted molar refractivity (Wildman–Crippen MR) is 96.9 cm³/mol. The molecule has 0 spiro atoms. The summed E-state index contributed by atoms with van der Waals surface area (Å²) in [6, 6.07) is 14.5. The van der Waals surface area contributed by atoms with E-state index in [0.29, 0.717) is 6.54 Å². The van der Waals surface area contributed by atoms with Gasteiger partial charge in [0, 0.05) is 25.5 Å². The first-order chi connectivity index (χ1) is 12.7. The van der Waals surface area contributed by atoms with E-state index in [0.717, 1.165) is 30.5 Å². The summed E-state index contributed by atoms with van der Waals surface area (Å²) in [5, 5.41) is 3.03. The molecule has 3 aromatic rings. The zero-order valence-corrected chi connectivity index (χ0v) is 14.4. The van der Waals surface area contributed by atoms with Crippen LogP contribution >= 0.6 is 0 Å². The smallest absolute Gasteiger partial charge is 0.230 e. The van der Waals surface area contributed by atoms with Crippen molar-refractivity contribution >= 4 is 5.91 Å². The Kier molecular flexibility index (Phi) is 4.29. The lowest BCUT2D eigenvalue weighted by molar-refractivity contribution is -0.123. The molecule has 1 amide bonds. The van der Waals surface area contributed by atoms with E-state index in [4.69, 9.17) is 0 Å². The zero-order chi connectivity index (χ0) is 18.0. The van der Waals surface area contributed by atoms with E-state index in [2.05, 4.69) is 22.4 Å². The van der Waals surface area contributed by atoms with E-state index >= 15 is 0 Å². The number of aromatic nitrogens is 2. The lowest BCUT2D eigenvalue weighted by atomic mass is 9.95. The molecule has 0 aliphatic heterocycles. The largest absolute Gasteiger partial charge is 0.351 e. The normalized spacial score (nSPS) is 14.8. The highest BCUT2D eigenvalue weighted by atomic mass is 19.1. The molecule has 1 aliphatic rings. The summed E-state index contributed by atoms with van der Waals surface area (Å²) >= 11 is 0. The lowest BCUT2D eigenvalue weighted by Crippen LogP contribution is -2.34. The number of hydrogen-bond acceptors (Lipinski definition) is 2. The fraction of sp³-hybridized carbons (Fsp3) is 0.238. The fourth-order valence-electron chi connectivity index (χ4n) is 3.25. The van der Waals surface area contributed by atoms with Crippen LogP contribution in [0.2, 0.25) is 0 Å². The Morgan fingerprint density at radius 2 is 1.77 bits per heavy atom. The Labute approximate surface area is 151 Å². The minimum Gasteiger partial charge on any atom is -0.351 e. The highest BCUT2D eigenvalue weighted by Crippen LogP contribution is 2.48. The van der Waals surface area contributed by atoms with Gasteiger partial charge in [-0.15, -0.1) is 0 Å². The summed E-state index contributed by atoms with van der Waals surface area (Å²) in [5.41, 5.74) is 2.66. The molecule has 132 valence electrons. The summed E-state index contributed by atoms with van der Waals surface area (Å²) in [6.45, 7) is 1.27. The van der Waals surface area contributed by atoms with Crippen molar-refractivity contribution < 1.29 is 9.18 Å². The molecule has 5 heteroatoms. The SMILES string of the molecule is O=C(NCc1ccc(Cn2ccnc2)cc1)C1(c2ccc(F)cc2)CC1. The molecular formula is C21H20FN3O. The summed E-state index contributed by atoms with van der Waals surface area (Å²) in [7, 11) is 0. The maximum atomic E-state index is 13.1. The van der Waals surface area contributed by atoms with Gasteiger partial charge >= 0.3 is 0 Å². The number of imidazole rings is 1. The summed E-state index contributed by atoms with van der Waals surface area (Å²) in [5.74, 6) is -0.257. The van der Waals surface area contributed by atoms with Crippen molar-refractivity contribution in [2.45, 2.75) is 31.3 Å². The van der Waals surface area contributed by atoms with Crippen molar-refractivity contribution in [3.8, 4) is 0 Å². The number of hydrogen-bond donors (Lipinski definition) is 1. The van der Waals surface area contributed by atoms with Crippen molar-refractivity contribution in [3.05, 3.63) is 89.8 Å². The van der Waals surface area contributed by atoms with Crippen molar-refractivity contribution in [1.29, 1.82) is 0 Å². The highest BCUT2D eigenvalue weighted by Gasteiger charge is 2.51. The molecule has 2 aromatic carbocycles. The standard InChI is InChI=1S/C21H20FN3O/c22-19-7-5-18(6-8-19)21(9-10-21)20(26)24-13-16-1-3-17(4-2-16)14-25-12-11-23-15-25/h1-8,11-12,15H,9-10,13-14H2,(H,24,26). The van der Waals surface area contributed by atoms with E-state index in [9.17, 15) is 9.18 Å². The van der Waals surface area contributed by atoms with E-state index in [1.165, 1.54) is 17.7 Å². The van der Waals surface area contributed by atoms with Crippen LogP contribution < -0.4 is 5.32 Å². The Hall–Kier alpha value is -2.95. The number of nitrogens with one attached hydrogen (secondary N) is 1. The number of benzene rings is 2. The van der Waals surface area contributed by atoms with Crippen molar-refractivity contribution in [2.24, 2.45) is 0 Å². The maximum Gasteiger partial charge on any atom is 0.230 e. The van der Waals surface area contributed by atoms with Crippen molar-refractivity contribution in [1.82, 2.24) is 14.9 Å². The first-order valence-corrected chi connectivity index (χ1v) is 8.74. The number of halogens is 1. The monoisotopic (exact) mass is 349 g/mol. The van der Waals surface area contributed by atoms with E-state index in [1.807, 2.05) is 22.9 Å². The molecule has 0 bridgehead atoms. The van der Waals surface area contributed by atoms with Crippen molar-refractivity contribution in [3.63, 3.8) is 0 Å². The van der Waals surface area contributed by atoms with Crippen LogP contribution in [0.1, 0.15) is 29.5 Å². The molecule has 1 saturated carbocycles. The Balaban J connectivity index is 1.36. The molecule has 1 N–H and O–H groups in total. The van der Waals surface area contributed by atoms with Gasteiger partial charge in [0.15, 0.2) is 0 Å². The third-order valence-corrected chi connectivity index (χ3v) is 4.98. The molecule has 0 saturated heterocycles. The molecule has 1 aromatic heterocycles. The molecule has 0 atom stereocenters. The minimum atomic E-state index is -0.477. The Bertz CT molecular complexity index is 882. The van der Waals surface area contributed by atoms with Gasteiger partial charge in [-0.2, -0.15) is 0 Å². The van der Waals surface area contributed by atoms with Gasteiger partial charge in [-0.3, -0.25) is 4.79 Å². The Morgan fingerprint density at radius 3 is 2.38 bits per heavy atom. The van der Waals surface area contributed by atoms with Crippen LogP contribution in [0.15, 0.2) is 67.3 Å². The van der Waals surface area contributed by atoms with Crippen LogP contribution in [0.25, 0.3) is 0 Å². The van der Waals surface area contributed by atoms with E-state index < -0.39 is 5.41 Å². The Morgan fingerprint density at radius 1 is 1.08 bits per heavy atom. The molecule has 0 radical (unpaired) electrons. The van der Waals surface area contributed by atoms with Crippen LogP contribution in [0.3, 0.4) is 0 Å². The average molecular weight is 349 g/mol. The van der Waals surface area contributed by atoms with Gasteiger partial charge in [0.25, 0.3) is 0 Å². The molecule has 0 unspecified atom stereocenters. The third-order valence-electron chi connectivity index (χ3n) is 4.98. The molecule has 1 fully saturated rings.